The molecule has 4 aliphatic carbocycles. The van der Waals surface area contributed by atoms with Gasteiger partial charge in [0.2, 0.25) is 5.91 Å². The van der Waals surface area contributed by atoms with Gasteiger partial charge >= 0.3 is 0 Å². The molecule has 0 saturated heterocycles. The van der Waals surface area contributed by atoms with Gasteiger partial charge in [0.15, 0.2) is 0 Å². The van der Waals surface area contributed by atoms with Gasteiger partial charge in [-0.15, -0.1) is 0 Å². The van der Waals surface area contributed by atoms with Crippen molar-refractivity contribution in [3.8, 4) is 0 Å². The Morgan fingerprint density at radius 3 is 2.48 bits per heavy atom. The van der Waals surface area contributed by atoms with Crippen molar-refractivity contribution < 1.29 is 20.1 Å². The Labute approximate surface area is 175 Å². The first kappa shape index (κ1) is 21.6. The molecule has 166 valence electrons. The summed E-state index contributed by atoms with van der Waals surface area (Å²) in [5.74, 6) is 1.72. The molecule has 0 aromatic carbocycles. The van der Waals surface area contributed by atoms with E-state index < -0.39 is 0 Å². The normalized spacial score (nSPS) is 52.9. The molecule has 29 heavy (non-hydrogen) atoms. The lowest BCUT2D eigenvalue weighted by Crippen LogP contribution is -2.62. The first-order chi connectivity index (χ1) is 13.6. The van der Waals surface area contributed by atoms with E-state index in [0.29, 0.717) is 36.0 Å². The molecule has 0 bridgehead atoms. The minimum absolute atomic E-state index is 0.112. The number of primary amides is 1. The molecule has 4 saturated carbocycles. The van der Waals surface area contributed by atoms with E-state index in [1.807, 2.05) is 0 Å². The van der Waals surface area contributed by atoms with Gasteiger partial charge in [-0.1, -0.05) is 20.8 Å². The van der Waals surface area contributed by atoms with Crippen molar-refractivity contribution in [1.82, 2.24) is 0 Å². The van der Waals surface area contributed by atoms with Gasteiger partial charge in [0, 0.05) is 6.42 Å². The highest BCUT2D eigenvalue weighted by molar-refractivity contribution is 5.73. The van der Waals surface area contributed by atoms with E-state index in [9.17, 15) is 20.1 Å². The van der Waals surface area contributed by atoms with Gasteiger partial charge in [-0.2, -0.15) is 0 Å². The third-order valence-corrected chi connectivity index (χ3v) is 10.4. The highest BCUT2D eigenvalue weighted by atomic mass is 16.3. The summed E-state index contributed by atoms with van der Waals surface area (Å²) in [4.78, 5) is 11.3. The Hall–Kier alpha value is -0.650. The number of amides is 1. The van der Waals surface area contributed by atoms with Crippen LogP contribution in [0.2, 0.25) is 0 Å². The van der Waals surface area contributed by atoms with Crippen LogP contribution in [0.5, 0.6) is 0 Å². The largest absolute Gasteiger partial charge is 0.393 e. The lowest BCUT2D eigenvalue weighted by Gasteiger charge is -2.63. The van der Waals surface area contributed by atoms with Gasteiger partial charge in [-0.3, -0.25) is 4.79 Å². The van der Waals surface area contributed by atoms with Gasteiger partial charge in [0.1, 0.15) is 0 Å². The number of carbonyl (C=O) groups excluding carboxylic acids is 1. The number of fused-ring (bicyclic) bond motifs is 5. The Bertz CT molecular complexity index is 640. The van der Waals surface area contributed by atoms with Crippen LogP contribution in [0.25, 0.3) is 0 Å². The fourth-order valence-electron chi connectivity index (χ4n) is 8.70. The molecule has 4 unspecified atom stereocenters. The SMILES string of the molecule is C[C@H](CCC(N)=O)[C@H]1CCC2C3C(C[C@H](O)[C@@]21C)[C@@]1(C)CC[C@@H](O)CC1C[C@@H]3O. The minimum atomic E-state index is -0.369. The van der Waals surface area contributed by atoms with Crippen LogP contribution < -0.4 is 5.73 Å². The fourth-order valence-corrected chi connectivity index (χ4v) is 8.70. The van der Waals surface area contributed by atoms with E-state index in [0.717, 1.165) is 51.4 Å². The summed E-state index contributed by atoms with van der Waals surface area (Å²) in [6.07, 6.45) is 6.56. The predicted molar refractivity (Wildman–Crippen MR) is 112 cm³/mol. The summed E-state index contributed by atoms with van der Waals surface area (Å²) in [6, 6.07) is 0. The van der Waals surface area contributed by atoms with Crippen LogP contribution in [0.15, 0.2) is 0 Å². The summed E-state index contributed by atoms with van der Waals surface area (Å²) in [7, 11) is 0. The zero-order valence-corrected chi connectivity index (χ0v) is 18.4. The van der Waals surface area contributed by atoms with Crippen LogP contribution in [-0.2, 0) is 4.79 Å². The molecule has 5 N–H and O–H groups in total. The number of nitrogens with two attached hydrogens (primary N) is 1. The summed E-state index contributed by atoms with van der Waals surface area (Å²) >= 11 is 0. The monoisotopic (exact) mass is 407 g/mol. The molecule has 0 radical (unpaired) electrons. The third kappa shape index (κ3) is 3.27. The van der Waals surface area contributed by atoms with Crippen molar-refractivity contribution in [2.24, 2.45) is 52.1 Å². The number of aliphatic hydroxyl groups excluding tert-OH is 3. The van der Waals surface area contributed by atoms with E-state index in [-0.39, 0.29) is 41.0 Å². The fraction of sp³-hybridized carbons (Fsp3) is 0.958. The van der Waals surface area contributed by atoms with E-state index in [4.69, 9.17) is 5.73 Å². The van der Waals surface area contributed by atoms with E-state index >= 15 is 0 Å². The zero-order chi connectivity index (χ0) is 21.1. The molecule has 5 nitrogen and oxygen atoms in total. The van der Waals surface area contributed by atoms with E-state index in [2.05, 4.69) is 20.8 Å². The maximum absolute atomic E-state index is 11.5. The average Bonchev–Trinajstić information content (AvgIpc) is 3.01. The average molecular weight is 408 g/mol. The molecule has 4 aliphatic rings. The Morgan fingerprint density at radius 2 is 1.79 bits per heavy atom. The standard InChI is InChI=1S/C24H41NO4/c1-13(4-7-21(25)29)16-5-6-17-22-18(12-20(28)24(16,17)3)23(2)9-8-15(26)10-14(23)11-19(22)27/h13-20,22,26-28H,4-12H2,1-3H3,(H2,25,29)/t13-,14?,15-,16-,17?,18?,19+,20+,22?,23+,24-/m1/s1. The minimum Gasteiger partial charge on any atom is -0.393 e. The van der Waals surface area contributed by atoms with Gasteiger partial charge < -0.3 is 21.1 Å². The van der Waals surface area contributed by atoms with Gasteiger partial charge in [0.05, 0.1) is 18.3 Å². The third-order valence-electron chi connectivity index (χ3n) is 10.4. The first-order valence-electron chi connectivity index (χ1n) is 11.9. The van der Waals surface area contributed by atoms with Crippen molar-refractivity contribution in [3.63, 3.8) is 0 Å². The molecular weight excluding hydrogens is 366 g/mol. The van der Waals surface area contributed by atoms with Crippen LogP contribution in [0, 0.1) is 46.3 Å². The van der Waals surface area contributed by atoms with Crippen molar-refractivity contribution in [1.29, 1.82) is 0 Å². The van der Waals surface area contributed by atoms with Gasteiger partial charge in [-0.25, -0.2) is 0 Å². The van der Waals surface area contributed by atoms with Crippen LogP contribution in [-0.4, -0.2) is 39.5 Å². The van der Waals surface area contributed by atoms with Crippen LogP contribution in [0.3, 0.4) is 0 Å². The molecule has 0 aliphatic heterocycles. The second-order valence-electron chi connectivity index (χ2n) is 11.5. The van der Waals surface area contributed by atoms with Crippen LogP contribution in [0.4, 0.5) is 0 Å². The van der Waals surface area contributed by atoms with Crippen molar-refractivity contribution >= 4 is 5.91 Å². The zero-order valence-electron chi connectivity index (χ0n) is 18.4. The summed E-state index contributed by atoms with van der Waals surface area (Å²) in [6.45, 7) is 6.82. The molecule has 0 aromatic heterocycles. The predicted octanol–water partition coefficient (Wildman–Crippen LogP) is 2.85. The lowest BCUT2D eigenvalue weighted by atomic mass is 9.43. The summed E-state index contributed by atoms with van der Waals surface area (Å²) < 4.78 is 0. The molecule has 4 fully saturated rings. The smallest absolute Gasteiger partial charge is 0.217 e. The number of aliphatic hydroxyl groups is 3. The molecule has 0 spiro atoms. The molecule has 5 heteroatoms. The number of rotatable bonds is 4. The second kappa shape index (κ2) is 7.49. The van der Waals surface area contributed by atoms with E-state index in [1.54, 1.807) is 0 Å². The number of hydrogen-bond donors (Lipinski definition) is 4. The van der Waals surface area contributed by atoms with Gasteiger partial charge in [-0.05, 0) is 97.7 Å². The quantitative estimate of drug-likeness (QED) is 0.575. The van der Waals surface area contributed by atoms with E-state index in [1.165, 1.54) is 0 Å². The Morgan fingerprint density at radius 1 is 1.07 bits per heavy atom. The summed E-state index contributed by atoms with van der Waals surface area (Å²) in [5, 5.41) is 33.0. The highest BCUT2D eigenvalue weighted by Crippen LogP contribution is 2.68. The molecule has 0 aromatic rings. The highest BCUT2D eigenvalue weighted by Gasteiger charge is 2.65. The first-order valence-corrected chi connectivity index (χ1v) is 11.9. The molecule has 0 heterocycles. The van der Waals surface area contributed by atoms with Gasteiger partial charge in [0.25, 0.3) is 0 Å². The summed E-state index contributed by atoms with van der Waals surface area (Å²) in [5.41, 5.74) is 5.30. The molecule has 11 atom stereocenters. The van der Waals surface area contributed by atoms with Crippen LogP contribution in [0.1, 0.15) is 78.6 Å². The second-order valence-corrected chi connectivity index (χ2v) is 11.5. The Balaban J connectivity index is 1.61. The van der Waals surface area contributed by atoms with Crippen molar-refractivity contribution in [2.45, 2.75) is 96.9 Å². The molecule has 1 amide bonds. The molecular formula is C24H41NO4. The molecule has 4 rings (SSSR count). The topological polar surface area (TPSA) is 104 Å². The van der Waals surface area contributed by atoms with Crippen molar-refractivity contribution in [2.75, 3.05) is 0 Å². The van der Waals surface area contributed by atoms with Crippen LogP contribution >= 0.6 is 0 Å². The van der Waals surface area contributed by atoms with Crippen molar-refractivity contribution in [3.05, 3.63) is 0 Å². The number of hydrogen-bond acceptors (Lipinski definition) is 4. The maximum Gasteiger partial charge on any atom is 0.217 e. The maximum atomic E-state index is 11.5. The Kier molecular flexibility index (Phi) is 5.57. The number of carbonyl (C=O) groups is 1. The lowest BCUT2D eigenvalue weighted by molar-refractivity contribution is -0.207.